The SMILES string of the molecule is O=[N+]([O-])c1cccc(COc2c(Br)cc(/C=N\Nc3ccc(C(F)(F)F)cn3)cc2Br)c1. The summed E-state index contributed by atoms with van der Waals surface area (Å²) < 4.78 is 44.7. The molecule has 12 heteroatoms. The number of nitro groups is 1. The fourth-order valence-electron chi connectivity index (χ4n) is 2.51. The van der Waals surface area contributed by atoms with E-state index in [1.807, 2.05) is 0 Å². The Kier molecular flexibility index (Phi) is 7.46. The molecule has 0 aliphatic rings. The molecule has 0 unspecified atom stereocenters. The number of nitrogens with zero attached hydrogens (tertiary/aromatic N) is 3. The van der Waals surface area contributed by atoms with E-state index in [1.165, 1.54) is 24.4 Å². The summed E-state index contributed by atoms with van der Waals surface area (Å²) in [5.74, 6) is 0.648. The standard InChI is InChI=1S/C20H13Br2F3N4O3/c21-16-7-13(9-27-28-18-5-4-14(10-26-18)20(23,24)25)8-17(22)19(16)32-11-12-2-1-3-15(6-12)29(30)31/h1-10H,11H2,(H,26,28)/b27-9-. The Morgan fingerprint density at radius 1 is 1.16 bits per heavy atom. The molecule has 0 saturated heterocycles. The van der Waals surface area contributed by atoms with E-state index in [1.54, 1.807) is 24.3 Å². The average molecular weight is 574 g/mol. The summed E-state index contributed by atoms with van der Waals surface area (Å²) in [6, 6.07) is 11.7. The van der Waals surface area contributed by atoms with Crippen LogP contribution in [0.3, 0.4) is 0 Å². The Bertz CT molecular complexity index is 1130. The minimum absolute atomic E-state index is 0.0224. The lowest BCUT2D eigenvalue weighted by Crippen LogP contribution is -2.05. The van der Waals surface area contributed by atoms with E-state index in [-0.39, 0.29) is 18.1 Å². The normalized spacial score (nSPS) is 11.5. The molecule has 0 bridgehead atoms. The maximum absolute atomic E-state index is 12.6. The van der Waals surface area contributed by atoms with E-state index < -0.39 is 16.7 Å². The van der Waals surface area contributed by atoms with Crippen molar-refractivity contribution in [2.24, 2.45) is 5.10 Å². The third-order valence-electron chi connectivity index (χ3n) is 4.01. The second-order valence-corrected chi connectivity index (χ2v) is 8.04. The zero-order valence-electron chi connectivity index (χ0n) is 15.9. The molecule has 0 aliphatic carbocycles. The lowest BCUT2D eigenvalue weighted by atomic mass is 10.2. The van der Waals surface area contributed by atoms with E-state index >= 15 is 0 Å². The number of ether oxygens (including phenoxy) is 1. The second-order valence-electron chi connectivity index (χ2n) is 6.33. The van der Waals surface area contributed by atoms with Crippen LogP contribution in [0.25, 0.3) is 0 Å². The molecule has 2 aromatic carbocycles. The highest BCUT2D eigenvalue weighted by Gasteiger charge is 2.30. The molecule has 166 valence electrons. The number of hydrogen-bond donors (Lipinski definition) is 1. The van der Waals surface area contributed by atoms with Gasteiger partial charge in [0.25, 0.3) is 5.69 Å². The first-order valence-corrected chi connectivity index (χ1v) is 10.4. The lowest BCUT2D eigenvalue weighted by molar-refractivity contribution is -0.384. The van der Waals surface area contributed by atoms with E-state index in [4.69, 9.17) is 4.74 Å². The molecule has 0 atom stereocenters. The van der Waals surface area contributed by atoms with Crippen LogP contribution in [0.5, 0.6) is 5.75 Å². The van der Waals surface area contributed by atoms with Crippen molar-refractivity contribution in [3.05, 3.63) is 90.5 Å². The van der Waals surface area contributed by atoms with Gasteiger partial charge in [0, 0.05) is 18.3 Å². The van der Waals surface area contributed by atoms with Gasteiger partial charge in [-0.3, -0.25) is 15.5 Å². The highest BCUT2D eigenvalue weighted by molar-refractivity contribution is 9.11. The molecule has 32 heavy (non-hydrogen) atoms. The van der Waals surface area contributed by atoms with Crippen LogP contribution < -0.4 is 10.2 Å². The van der Waals surface area contributed by atoms with E-state index in [0.29, 0.717) is 25.8 Å². The minimum Gasteiger partial charge on any atom is -0.487 e. The number of hydrazone groups is 1. The quantitative estimate of drug-likeness (QED) is 0.196. The molecular weight excluding hydrogens is 561 g/mol. The summed E-state index contributed by atoms with van der Waals surface area (Å²) >= 11 is 6.82. The summed E-state index contributed by atoms with van der Waals surface area (Å²) in [6.45, 7) is 0.119. The highest BCUT2D eigenvalue weighted by Crippen LogP contribution is 2.35. The number of anilines is 1. The number of nitro benzene ring substituents is 1. The molecule has 0 radical (unpaired) electrons. The van der Waals surface area contributed by atoms with Gasteiger partial charge in [0.2, 0.25) is 0 Å². The van der Waals surface area contributed by atoms with Crippen LogP contribution in [-0.4, -0.2) is 16.1 Å². The van der Waals surface area contributed by atoms with Crippen LogP contribution in [0.2, 0.25) is 0 Å². The van der Waals surface area contributed by atoms with Gasteiger partial charge in [0.05, 0.1) is 25.6 Å². The van der Waals surface area contributed by atoms with Crippen molar-refractivity contribution in [3.8, 4) is 5.75 Å². The second kappa shape index (κ2) is 10.1. The number of aromatic nitrogens is 1. The van der Waals surface area contributed by atoms with E-state index in [2.05, 4.69) is 47.4 Å². The van der Waals surface area contributed by atoms with Crippen molar-refractivity contribution in [3.63, 3.8) is 0 Å². The Labute approximate surface area is 196 Å². The Morgan fingerprint density at radius 2 is 1.88 bits per heavy atom. The van der Waals surface area contributed by atoms with Crippen LogP contribution in [0, 0.1) is 10.1 Å². The molecule has 0 saturated carbocycles. The molecule has 3 aromatic rings. The van der Waals surface area contributed by atoms with Crippen molar-refractivity contribution in [2.45, 2.75) is 12.8 Å². The Hall–Kier alpha value is -2.99. The molecule has 1 aromatic heterocycles. The molecule has 1 N–H and O–H groups in total. The first-order chi connectivity index (χ1) is 15.1. The number of nitrogens with one attached hydrogen (secondary N) is 1. The van der Waals surface area contributed by atoms with Gasteiger partial charge in [-0.25, -0.2) is 4.98 Å². The topological polar surface area (TPSA) is 89.7 Å². The molecule has 0 fully saturated rings. The fourth-order valence-corrected chi connectivity index (χ4v) is 3.96. The van der Waals surface area contributed by atoms with Crippen LogP contribution in [-0.2, 0) is 12.8 Å². The summed E-state index contributed by atoms with van der Waals surface area (Å²) in [6.07, 6.45) is -2.27. The minimum atomic E-state index is -4.45. The largest absolute Gasteiger partial charge is 0.487 e. The zero-order valence-corrected chi connectivity index (χ0v) is 19.1. The smallest absolute Gasteiger partial charge is 0.417 e. The average Bonchev–Trinajstić information content (AvgIpc) is 2.73. The van der Waals surface area contributed by atoms with Gasteiger partial charge in [0.15, 0.2) is 0 Å². The number of non-ortho nitro benzene ring substituents is 1. The van der Waals surface area contributed by atoms with Gasteiger partial charge >= 0.3 is 6.18 Å². The van der Waals surface area contributed by atoms with Crippen molar-refractivity contribution < 1.29 is 22.8 Å². The maximum Gasteiger partial charge on any atom is 0.417 e. The Morgan fingerprint density at radius 3 is 2.47 bits per heavy atom. The predicted octanol–water partition coefficient (Wildman–Crippen LogP) is 6.56. The number of halogens is 5. The summed E-state index contributed by atoms with van der Waals surface area (Å²) in [4.78, 5) is 14.1. The number of pyridine rings is 1. The monoisotopic (exact) mass is 572 g/mol. The van der Waals surface area contributed by atoms with E-state index in [9.17, 15) is 23.3 Å². The number of alkyl halides is 3. The summed E-state index contributed by atoms with van der Waals surface area (Å²) in [5, 5.41) is 14.9. The van der Waals surface area contributed by atoms with Crippen LogP contribution >= 0.6 is 31.9 Å². The molecule has 0 amide bonds. The first-order valence-electron chi connectivity index (χ1n) is 8.81. The van der Waals surface area contributed by atoms with Crippen molar-refractivity contribution in [2.75, 3.05) is 5.43 Å². The Balaban J connectivity index is 1.65. The van der Waals surface area contributed by atoms with Crippen LogP contribution in [0.15, 0.2) is 68.8 Å². The van der Waals surface area contributed by atoms with Crippen LogP contribution in [0.1, 0.15) is 16.7 Å². The molecule has 1 heterocycles. The summed E-state index contributed by atoms with van der Waals surface area (Å²) in [7, 11) is 0. The third-order valence-corrected chi connectivity index (χ3v) is 5.19. The summed E-state index contributed by atoms with van der Waals surface area (Å²) in [5.41, 5.74) is 2.99. The van der Waals surface area contributed by atoms with Gasteiger partial charge < -0.3 is 4.74 Å². The van der Waals surface area contributed by atoms with Crippen LogP contribution in [0.4, 0.5) is 24.7 Å². The van der Waals surface area contributed by atoms with Gasteiger partial charge in [-0.2, -0.15) is 18.3 Å². The number of hydrogen-bond acceptors (Lipinski definition) is 6. The maximum atomic E-state index is 12.6. The van der Waals surface area contributed by atoms with Gasteiger partial charge in [-0.05, 0) is 67.3 Å². The van der Waals surface area contributed by atoms with E-state index in [0.717, 1.165) is 12.3 Å². The number of rotatable bonds is 7. The fraction of sp³-hybridized carbons (Fsp3) is 0.100. The molecular formula is C20H13Br2F3N4O3. The highest BCUT2D eigenvalue weighted by atomic mass is 79.9. The van der Waals surface area contributed by atoms with Gasteiger partial charge in [-0.1, -0.05) is 12.1 Å². The number of benzene rings is 2. The van der Waals surface area contributed by atoms with Crippen molar-refractivity contribution in [1.82, 2.24) is 4.98 Å². The van der Waals surface area contributed by atoms with Gasteiger partial charge in [-0.15, -0.1) is 0 Å². The lowest BCUT2D eigenvalue weighted by Gasteiger charge is -2.11. The third kappa shape index (κ3) is 6.26. The molecule has 3 rings (SSSR count). The first kappa shape index (κ1) is 23.7. The molecule has 0 aliphatic heterocycles. The van der Waals surface area contributed by atoms with Gasteiger partial charge in [0.1, 0.15) is 18.2 Å². The van der Waals surface area contributed by atoms with Crippen molar-refractivity contribution >= 4 is 49.6 Å². The zero-order chi connectivity index (χ0) is 23.3. The molecule has 0 spiro atoms. The van der Waals surface area contributed by atoms with Crippen molar-refractivity contribution in [1.29, 1.82) is 0 Å². The predicted molar refractivity (Wildman–Crippen MR) is 120 cm³/mol. The molecule has 7 nitrogen and oxygen atoms in total.